The molecule has 2 aromatic rings. The number of fused-ring (bicyclic) bond motifs is 1. The molecule has 0 spiro atoms. The van der Waals surface area contributed by atoms with Crippen molar-refractivity contribution in [2.24, 2.45) is 0 Å². The van der Waals surface area contributed by atoms with Crippen LogP contribution in [-0.2, 0) is 26.1 Å². The summed E-state index contributed by atoms with van der Waals surface area (Å²) in [6.07, 6.45) is 4.58. The third kappa shape index (κ3) is 2.66. The van der Waals surface area contributed by atoms with Crippen LogP contribution in [0.1, 0.15) is 49.0 Å². The van der Waals surface area contributed by atoms with Crippen LogP contribution in [0.3, 0.4) is 0 Å². The molecule has 1 aliphatic rings. The van der Waals surface area contributed by atoms with Crippen LogP contribution >= 0.6 is 0 Å². The maximum Gasteiger partial charge on any atom is 0.224 e. The molecular formula is C15H24N6. The van der Waals surface area contributed by atoms with Crippen LogP contribution < -0.4 is 5.32 Å². The molecule has 3 rings (SSSR count). The van der Waals surface area contributed by atoms with Gasteiger partial charge in [0.1, 0.15) is 5.82 Å². The zero-order valence-corrected chi connectivity index (χ0v) is 13.2. The van der Waals surface area contributed by atoms with Gasteiger partial charge in [-0.05, 0) is 33.1 Å². The van der Waals surface area contributed by atoms with Crippen LogP contribution in [-0.4, -0.2) is 24.5 Å². The lowest BCUT2D eigenvalue weighted by atomic mass is 10.2. The van der Waals surface area contributed by atoms with E-state index < -0.39 is 0 Å². The predicted molar refractivity (Wildman–Crippen MR) is 82.3 cm³/mol. The van der Waals surface area contributed by atoms with E-state index in [1.807, 2.05) is 0 Å². The van der Waals surface area contributed by atoms with Gasteiger partial charge in [0.15, 0.2) is 0 Å². The molecule has 2 aromatic heterocycles. The molecule has 0 amide bonds. The summed E-state index contributed by atoms with van der Waals surface area (Å²) in [5.74, 6) is 2.01. The summed E-state index contributed by atoms with van der Waals surface area (Å²) in [5, 5.41) is 16.6. The second kappa shape index (κ2) is 5.87. The highest BCUT2D eigenvalue weighted by molar-refractivity contribution is 5.33. The van der Waals surface area contributed by atoms with Crippen molar-refractivity contribution in [2.75, 3.05) is 5.32 Å². The first kappa shape index (κ1) is 14.1. The predicted octanol–water partition coefficient (Wildman–Crippen LogP) is 2.45. The van der Waals surface area contributed by atoms with Crippen LogP contribution in [0.4, 0.5) is 5.95 Å². The van der Waals surface area contributed by atoms with Gasteiger partial charge in [-0.25, -0.2) is 0 Å². The van der Waals surface area contributed by atoms with E-state index in [1.54, 1.807) is 0 Å². The van der Waals surface area contributed by atoms with Crippen molar-refractivity contribution in [3.05, 3.63) is 22.8 Å². The molecule has 0 saturated carbocycles. The third-order valence-electron chi connectivity index (χ3n) is 4.25. The number of hydrogen-bond donors (Lipinski definition) is 1. The van der Waals surface area contributed by atoms with E-state index in [0.717, 1.165) is 49.9 Å². The van der Waals surface area contributed by atoms with Crippen molar-refractivity contribution >= 4 is 5.95 Å². The van der Waals surface area contributed by atoms with Crippen molar-refractivity contribution < 1.29 is 0 Å². The molecule has 6 heteroatoms. The third-order valence-corrected chi connectivity index (χ3v) is 4.25. The first-order valence-electron chi connectivity index (χ1n) is 7.89. The minimum Gasteiger partial charge on any atom is -0.350 e. The Bertz CT molecular complexity index is 624. The van der Waals surface area contributed by atoms with Crippen LogP contribution in [0.15, 0.2) is 0 Å². The van der Waals surface area contributed by atoms with Crippen molar-refractivity contribution in [1.82, 2.24) is 24.5 Å². The fourth-order valence-corrected chi connectivity index (χ4v) is 3.03. The Morgan fingerprint density at radius 3 is 2.86 bits per heavy atom. The first-order valence-corrected chi connectivity index (χ1v) is 7.89. The zero-order chi connectivity index (χ0) is 14.8. The fourth-order valence-electron chi connectivity index (χ4n) is 3.03. The summed E-state index contributed by atoms with van der Waals surface area (Å²) >= 11 is 0. The number of aryl methyl sites for hydroxylation is 3. The zero-order valence-electron chi connectivity index (χ0n) is 13.2. The Morgan fingerprint density at radius 2 is 2.05 bits per heavy atom. The summed E-state index contributed by atoms with van der Waals surface area (Å²) in [6.45, 7) is 9.17. The van der Waals surface area contributed by atoms with E-state index >= 15 is 0 Å². The number of nitrogens with one attached hydrogen (secondary N) is 1. The summed E-state index contributed by atoms with van der Waals surface area (Å²) < 4.78 is 4.32. The molecule has 0 atom stereocenters. The standard InChI is InChI=1S/C15H24N6/c1-4-8-21-12(3)13(11(2)19-21)10-16-15-18-17-14-7-5-6-9-20(14)15/h4-10H2,1-3H3,(H,16,18). The van der Waals surface area contributed by atoms with Crippen molar-refractivity contribution in [2.45, 2.75) is 66.1 Å². The van der Waals surface area contributed by atoms with Crippen LogP contribution in [0.5, 0.6) is 0 Å². The van der Waals surface area contributed by atoms with Gasteiger partial charge in [-0.1, -0.05) is 6.92 Å². The molecule has 0 radical (unpaired) electrons. The van der Waals surface area contributed by atoms with E-state index in [0.29, 0.717) is 0 Å². The van der Waals surface area contributed by atoms with E-state index in [-0.39, 0.29) is 0 Å². The maximum atomic E-state index is 4.62. The molecular weight excluding hydrogens is 264 g/mol. The Labute approximate surface area is 125 Å². The molecule has 0 aromatic carbocycles. The largest absolute Gasteiger partial charge is 0.350 e. The summed E-state index contributed by atoms with van der Waals surface area (Å²) in [5.41, 5.74) is 3.63. The Hall–Kier alpha value is -1.85. The number of nitrogens with zero attached hydrogens (tertiary/aromatic N) is 5. The molecule has 1 aliphatic heterocycles. The second-order valence-corrected chi connectivity index (χ2v) is 5.77. The molecule has 1 N–H and O–H groups in total. The molecule has 0 aliphatic carbocycles. The maximum absolute atomic E-state index is 4.62. The van der Waals surface area contributed by atoms with E-state index in [1.165, 1.54) is 24.1 Å². The van der Waals surface area contributed by atoms with E-state index in [4.69, 9.17) is 0 Å². The lowest BCUT2D eigenvalue weighted by Gasteiger charge is -2.15. The second-order valence-electron chi connectivity index (χ2n) is 5.77. The van der Waals surface area contributed by atoms with Crippen LogP contribution in [0.25, 0.3) is 0 Å². The Morgan fingerprint density at radius 1 is 1.19 bits per heavy atom. The van der Waals surface area contributed by atoms with Crippen molar-refractivity contribution in [3.63, 3.8) is 0 Å². The number of aromatic nitrogens is 5. The Balaban J connectivity index is 1.75. The van der Waals surface area contributed by atoms with Crippen molar-refractivity contribution in [3.8, 4) is 0 Å². The summed E-state index contributed by atoms with van der Waals surface area (Å²) in [4.78, 5) is 0. The molecule has 0 unspecified atom stereocenters. The van der Waals surface area contributed by atoms with Gasteiger partial charge in [0.25, 0.3) is 0 Å². The highest BCUT2D eigenvalue weighted by atomic mass is 15.4. The topological polar surface area (TPSA) is 60.6 Å². The van der Waals surface area contributed by atoms with E-state index in [9.17, 15) is 0 Å². The smallest absolute Gasteiger partial charge is 0.224 e. The number of rotatable bonds is 5. The van der Waals surface area contributed by atoms with Crippen LogP contribution in [0.2, 0.25) is 0 Å². The van der Waals surface area contributed by atoms with Crippen LogP contribution in [0, 0.1) is 13.8 Å². The molecule has 3 heterocycles. The van der Waals surface area contributed by atoms with Gasteiger partial charge in [-0.3, -0.25) is 9.25 Å². The average molecular weight is 288 g/mol. The first-order chi connectivity index (χ1) is 10.2. The minimum atomic E-state index is 0.763. The quantitative estimate of drug-likeness (QED) is 0.918. The fraction of sp³-hybridized carbons (Fsp3) is 0.667. The SMILES string of the molecule is CCCn1nc(C)c(CNc2nnc3n2CCCC3)c1C. The highest BCUT2D eigenvalue weighted by Gasteiger charge is 2.17. The molecule has 6 nitrogen and oxygen atoms in total. The monoisotopic (exact) mass is 288 g/mol. The van der Waals surface area contributed by atoms with Gasteiger partial charge in [-0.2, -0.15) is 5.10 Å². The molecule has 114 valence electrons. The van der Waals surface area contributed by atoms with Crippen molar-refractivity contribution in [1.29, 1.82) is 0 Å². The minimum absolute atomic E-state index is 0.763. The molecule has 0 saturated heterocycles. The molecule has 0 fully saturated rings. The number of hydrogen-bond acceptors (Lipinski definition) is 4. The average Bonchev–Trinajstić information content (AvgIpc) is 3.00. The van der Waals surface area contributed by atoms with E-state index in [2.05, 4.69) is 50.6 Å². The number of anilines is 1. The van der Waals surface area contributed by atoms with Gasteiger partial charge in [-0.15, -0.1) is 10.2 Å². The highest BCUT2D eigenvalue weighted by Crippen LogP contribution is 2.19. The summed E-state index contributed by atoms with van der Waals surface area (Å²) in [6, 6.07) is 0. The lowest BCUT2D eigenvalue weighted by Crippen LogP contribution is -2.14. The summed E-state index contributed by atoms with van der Waals surface area (Å²) in [7, 11) is 0. The van der Waals surface area contributed by atoms with Gasteiger partial charge >= 0.3 is 0 Å². The molecule has 21 heavy (non-hydrogen) atoms. The van der Waals surface area contributed by atoms with Gasteiger partial charge < -0.3 is 5.32 Å². The van der Waals surface area contributed by atoms with Gasteiger partial charge in [0.2, 0.25) is 5.95 Å². The molecule has 0 bridgehead atoms. The lowest BCUT2D eigenvalue weighted by molar-refractivity contribution is 0.525. The van der Waals surface area contributed by atoms with Gasteiger partial charge in [0, 0.05) is 37.3 Å². The Kier molecular flexibility index (Phi) is 3.94. The van der Waals surface area contributed by atoms with Gasteiger partial charge in [0.05, 0.1) is 5.69 Å². The normalized spacial score (nSPS) is 14.2.